The molecule has 0 unspecified atom stereocenters. The third kappa shape index (κ3) is 4.29. The normalized spacial score (nSPS) is 17.7. The van der Waals surface area contributed by atoms with Crippen LogP contribution in [0.25, 0.3) is 22.4 Å². The van der Waals surface area contributed by atoms with Crippen LogP contribution in [0.4, 0.5) is 5.82 Å². The van der Waals surface area contributed by atoms with Crippen LogP contribution in [-0.4, -0.2) is 60.5 Å². The molecule has 1 fully saturated rings. The molecule has 33 heavy (non-hydrogen) atoms. The maximum Gasteiger partial charge on any atom is 0.220 e. The fourth-order valence-corrected chi connectivity index (χ4v) is 5.53. The number of rotatable bonds is 4. The molecule has 1 aliphatic heterocycles. The Morgan fingerprint density at radius 2 is 1.79 bits per heavy atom. The van der Waals surface area contributed by atoms with Crippen molar-refractivity contribution in [3.63, 3.8) is 0 Å². The zero-order valence-corrected chi connectivity index (χ0v) is 20.1. The summed E-state index contributed by atoms with van der Waals surface area (Å²) in [5.41, 5.74) is 2.49. The number of hydrogen-bond acceptors (Lipinski definition) is 6. The van der Waals surface area contributed by atoms with Crippen molar-refractivity contribution in [1.29, 1.82) is 0 Å². The highest BCUT2D eigenvalue weighted by Gasteiger charge is 2.47. The first kappa shape index (κ1) is 22.8. The molecule has 174 valence electrons. The number of aromatic nitrogens is 4. The van der Waals surface area contributed by atoms with Crippen LogP contribution in [0.5, 0.6) is 5.75 Å². The van der Waals surface area contributed by atoms with Crippen LogP contribution >= 0.6 is 0 Å². The number of piperidine rings is 1. The second-order valence-corrected chi connectivity index (χ2v) is 10.1. The standard InChI is InChI=1S/C25H32N6O2/c1-16(32)31-24(2,3)12-19(13-25(31,4)5)30(6)23-10-9-21(28-29-23)20-8-7-17(11-22(20)33)18-14-26-27-15-18/h7-11,14-15,19,33H,12-13H2,1-6H3,(H,26,27). The largest absolute Gasteiger partial charge is 0.507 e. The van der Waals surface area contributed by atoms with Crippen LogP contribution in [0.1, 0.15) is 47.5 Å². The molecule has 0 radical (unpaired) electrons. The molecule has 1 saturated heterocycles. The molecule has 1 aliphatic rings. The summed E-state index contributed by atoms with van der Waals surface area (Å²) in [4.78, 5) is 16.5. The molecule has 1 aromatic carbocycles. The van der Waals surface area contributed by atoms with Crippen molar-refractivity contribution in [3.05, 3.63) is 42.7 Å². The van der Waals surface area contributed by atoms with Crippen LogP contribution in [0.3, 0.4) is 0 Å². The van der Waals surface area contributed by atoms with Crippen molar-refractivity contribution in [1.82, 2.24) is 25.3 Å². The zero-order valence-electron chi connectivity index (χ0n) is 20.1. The van der Waals surface area contributed by atoms with Gasteiger partial charge >= 0.3 is 0 Å². The SMILES string of the molecule is CC(=O)N1C(C)(C)CC(N(C)c2ccc(-c3ccc(-c4cn[nH]c4)cc3O)nn2)CC1(C)C. The number of anilines is 1. The van der Waals surface area contributed by atoms with Crippen molar-refractivity contribution < 1.29 is 9.90 Å². The van der Waals surface area contributed by atoms with Crippen molar-refractivity contribution in [3.8, 4) is 28.1 Å². The first-order valence-corrected chi connectivity index (χ1v) is 11.2. The predicted molar refractivity (Wildman–Crippen MR) is 129 cm³/mol. The van der Waals surface area contributed by atoms with E-state index in [2.05, 4.69) is 53.0 Å². The first-order valence-electron chi connectivity index (χ1n) is 11.2. The van der Waals surface area contributed by atoms with Gasteiger partial charge in [0.15, 0.2) is 5.82 Å². The van der Waals surface area contributed by atoms with E-state index >= 15 is 0 Å². The fourth-order valence-electron chi connectivity index (χ4n) is 5.53. The monoisotopic (exact) mass is 448 g/mol. The number of carbonyl (C=O) groups excluding carboxylic acids is 1. The number of benzene rings is 1. The van der Waals surface area contributed by atoms with E-state index < -0.39 is 0 Å². The topological polar surface area (TPSA) is 98.2 Å². The van der Waals surface area contributed by atoms with Crippen LogP contribution in [0, 0.1) is 0 Å². The van der Waals surface area contributed by atoms with E-state index in [1.54, 1.807) is 25.4 Å². The minimum Gasteiger partial charge on any atom is -0.507 e. The summed E-state index contributed by atoms with van der Waals surface area (Å²) in [7, 11) is 2.03. The average molecular weight is 449 g/mol. The van der Waals surface area contributed by atoms with Crippen LogP contribution in [-0.2, 0) is 4.79 Å². The van der Waals surface area contributed by atoms with Gasteiger partial charge in [-0.2, -0.15) is 5.10 Å². The maximum absolute atomic E-state index is 12.3. The van der Waals surface area contributed by atoms with Gasteiger partial charge < -0.3 is 14.9 Å². The van der Waals surface area contributed by atoms with Gasteiger partial charge in [0.05, 0.1) is 11.9 Å². The number of aromatic amines is 1. The van der Waals surface area contributed by atoms with E-state index in [0.717, 1.165) is 29.8 Å². The Hall–Kier alpha value is -3.42. The summed E-state index contributed by atoms with van der Waals surface area (Å²) >= 11 is 0. The summed E-state index contributed by atoms with van der Waals surface area (Å²) in [6.07, 6.45) is 5.17. The Morgan fingerprint density at radius 3 is 2.30 bits per heavy atom. The molecule has 3 heterocycles. The van der Waals surface area contributed by atoms with E-state index in [0.29, 0.717) is 11.3 Å². The molecule has 8 nitrogen and oxygen atoms in total. The fraction of sp³-hybridized carbons (Fsp3) is 0.440. The number of amides is 1. The van der Waals surface area contributed by atoms with E-state index in [1.165, 1.54) is 0 Å². The summed E-state index contributed by atoms with van der Waals surface area (Å²) in [6, 6.07) is 9.50. The lowest BCUT2D eigenvalue weighted by atomic mass is 9.76. The molecule has 4 rings (SSSR count). The lowest BCUT2D eigenvalue weighted by molar-refractivity contribution is -0.147. The third-order valence-electron chi connectivity index (χ3n) is 6.66. The smallest absolute Gasteiger partial charge is 0.220 e. The van der Waals surface area contributed by atoms with Crippen molar-refractivity contribution in [2.75, 3.05) is 11.9 Å². The Bertz CT molecular complexity index is 1120. The molecule has 0 saturated carbocycles. The molecular formula is C25H32N6O2. The summed E-state index contributed by atoms with van der Waals surface area (Å²) in [5.74, 6) is 1.01. The zero-order chi connectivity index (χ0) is 24.0. The maximum atomic E-state index is 12.3. The van der Waals surface area contributed by atoms with Gasteiger partial charge in [-0.05, 0) is 70.4 Å². The van der Waals surface area contributed by atoms with Crippen LogP contribution < -0.4 is 4.90 Å². The Morgan fingerprint density at radius 1 is 1.09 bits per heavy atom. The van der Waals surface area contributed by atoms with Crippen LogP contribution in [0.15, 0.2) is 42.7 Å². The quantitative estimate of drug-likeness (QED) is 0.619. The molecule has 3 aromatic rings. The molecule has 0 bridgehead atoms. The van der Waals surface area contributed by atoms with Gasteiger partial charge in [-0.1, -0.05) is 6.07 Å². The molecule has 0 aliphatic carbocycles. The van der Waals surface area contributed by atoms with Crippen LogP contribution in [0.2, 0.25) is 0 Å². The van der Waals surface area contributed by atoms with E-state index in [4.69, 9.17) is 0 Å². The van der Waals surface area contributed by atoms with E-state index in [1.807, 2.05) is 36.2 Å². The van der Waals surface area contributed by atoms with Crippen molar-refractivity contribution in [2.24, 2.45) is 0 Å². The number of nitrogens with one attached hydrogen (secondary N) is 1. The summed E-state index contributed by atoms with van der Waals surface area (Å²) in [5, 5.41) is 26.2. The number of nitrogens with zero attached hydrogens (tertiary/aromatic N) is 5. The minimum absolute atomic E-state index is 0.105. The molecule has 0 spiro atoms. The van der Waals surface area contributed by atoms with Crippen molar-refractivity contribution in [2.45, 2.75) is 64.6 Å². The van der Waals surface area contributed by atoms with Gasteiger partial charge in [0.1, 0.15) is 5.75 Å². The molecule has 0 atom stereocenters. The van der Waals surface area contributed by atoms with Gasteiger partial charge in [-0.15, -0.1) is 10.2 Å². The highest BCUT2D eigenvalue weighted by atomic mass is 16.3. The first-order chi connectivity index (χ1) is 15.5. The van der Waals surface area contributed by atoms with Crippen molar-refractivity contribution >= 4 is 11.7 Å². The van der Waals surface area contributed by atoms with Gasteiger partial charge in [0, 0.05) is 48.4 Å². The Labute approximate surface area is 194 Å². The summed E-state index contributed by atoms with van der Waals surface area (Å²) < 4.78 is 0. The number of phenolic OH excluding ortho intramolecular Hbond substituents is 1. The Balaban J connectivity index is 1.54. The lowest BCUT2D eigenvalue weighted by Crippen LogP contribution is -2.65. The Kier molecular flexibility index (Phi) is 5.64. The minimum atomic E-state index is -0.262. The predicted octanol–water partition coefficient (Wildman–Crippen LogP) is 4.24. The van der Waals surface area contributed by atoms with E-state index in [9.17, 15) is 9.90 Å². The molecule has 8 heteroatoms. The number of likely N-dealkylation sites (tertiary alicyclic amines) is 1. The second kappa shape index (κ2) is 8.17. The van der Waals surface area contributed by atoms with E-state index in [-0.39, 0.29) is 28.8 Å². The molecule has 2 N–H and O–H groups in total. The molecule has 2 aromatic heterocycles. The van der Waals surface area contributed by atoms with Gasteiger partial charge in [-0.3, -0.25) is 9.89 Å². The number of carbonyl (C=O) groups is 1. The molecule has 1 amide bonds. The van der Waals surface area contributed by atoms with Gasteiger partial charge in [-0.25, -0.2) is 0 Å². The number of phenols is 1. The number of hydrogen-bond donors (Lipinski definition) is 2. The highest BCUT2D eigenvalue weighted by Crippen LogP contribution is 2.41. The number of aromatic hydroxyl groups is 1. The molecular weight excluding hydrogens is 416 g/mol. The average Bonchev–Trinajstić information content (AvgIpc) is 3.26. The lowest BCUT2D eigenvalue weighted by Gasteiger charge is -2.56. The van der Waals surface area contributed by atoms with Gasteiger partial charge in [0.2, 0.25) is 5.91 Å². The number of H-pyrrole nitrogens is 1. The second-order valence-electron chi connectivity index (χ2n) is 10.1. The summed E-state index contributed by atoms with van der Waals surface area (Å²) in [6.45, 7) is 10.2. The third-order valence-corrected chi connectivity index (χ3v) is 6.66. The highest BCUT2D eigenvalue weighted by molar-refractivity contribution is 5.75. The van der Waals surface area contributed by atoms with Gasteiger partial charge in [0.25, 0.3) is 0 Å².